The highest BCUT2D eigenvalue weighted by atomic mass is 16.5. The normalized spacial score (nSPS) is 25.4. The van der Waals surface area contributed by atoms with Crippen molar-refractivity contribution in [2.75, 3.05) is 32.9 Å². The first-order valence-corrected chi connectivity index (χ1v) is 6.19. The van der Waals surface area contributed by atoms with E-state index >= 15 is 0 Å². The predicted molar refractivity (Wildman–Crippen MR) is 60.0 cm³/mol. The van der Waals surface area contributed by atoms with Gasteiger partial charge < -0.3 is 14.8 Å². The molecule has 2 rings (SSSR count). The maximum Gasteiger partial charge on any atom is 0.0594 e. The number of rotatable bonds is 6. The minimum Gasteiger partial charge on any atom is -0.380 e. The van der Waals surface area contributed by atoms with Crippen LogP contribution in [0, 0.1) is 5.41 Å². The van der Waals surface area contributed by atoms with E-state index in [4.69, 9.17) is 9.47 Å². The molecule has 1 N–H and O–H groups in total. The average Bonchev–Trinajstić information content (AvgIpc) is 2.67. The van der Waals surface area contributed by atoms with E-state index in [1.807, 2.05) is 0 Å². The molecule has 1 heterocycles. The minimum atomic E-state index is 0.382. The van der Waals surface area contributed by atoms with Crippen molar-refractivity contribution in [3.8, 4) is 0 Å². The molecule has 3 heteroatoms. The quantitative estimate of drug-likeness (QED) is 0.679. The summed E-state index contributed by atoms with van der Waals surface area (Å²) in [4.78, 5) is 0. The lowest BCUT2D eigenvalue weighted by molar-refractivity contribution is -0.0995. The van der Waals surface area contributed by atoms with Gasteiger partial charge in [0, 0.05) is 18.5 Å². The standard InChI is InChI=1S/C12H23NO2/c1-12(9-14-10-12)8-13-6-7-15-11-4-2-3-5-11/h11,13H,2-10H2,1H3. The Hall–Kier alpha value is -0.120. The molecule has 0 aromatic rings. The van der Waals surface area contributed by atoms with Crippen LogP contribution in [-0.4, -0.2) is 39.0 Å². The molecule has 0 aromatic carbocycles. The topological polar surface area (TPSA) is 30.5 Å². The second-order valence-electron chi connectivity index (χ2n) is 5.26. The molecule has 0 spiro atoms. The van der Waals surface area contributed by atoms with Crippen molar-refractivity contribution in [1.29, 1.82) is 0 Å². The van der Waals surface area contributed by atoms with Gasteiger partial charge >= 0.3 is 0 Å². The monoisotopic (exact) mass is 213 g/mol. The summed E-state index contributed by atoms with van der Waals surface area (Å²) < 4.78 is 11.0. The number of nitrogens with one attached hydrogen (secondary N) is 1. The van der Waals surface area contributed by atoms with E-state index in [1.165, 1.54) is 25.7 Å². The molecule has 15 heavy (non-hydrogen) atoms. The van der Waals surface area contributed by atoms with Crippen LogP contribution < -0.4 is 5.32 Å². The van der Waals surface area contributed by atoms with E-state index in [1.54, 1.807) is 0 Å². The van der Waals surface area contributed by atoms with Crippen molar-refractivity contribution in [2.24, 2.45) is 5.41 Å². The lowest BCUT2D eigenvalue weighted by Crippen LogP contribution is -2.47. The van der Waals surface area contributed by atoms with Crippen LogP contribution in [0.2, 0.25) is 0 Å². The maximum atomic E-state index is 5.78. The number of ether oxygens (including phenoxy) is 2. The minimum absolute atomic E-state index is 0.382. The van der Waals surface area contributed by atoms with Crippen molar-refractivity contribution in [2.45, 2.75) is 38.7 Å². The van der Waals surface area contributed by atoms with Gasteiger partial charge in [-0.05, 0) is 12.8 Å². The Labute approximate surface area is 92.5 Å². The molecule has 0 atom stereocenters. The third-order valence-corrected chi connectivity index (χ3v) is 3.39. The lowest BCUT2D eigenvalue weighted by Gasteiger charge is -2.38. The molecule has 2 aliphatic rings. The van der Waals surface area contributed by atoms with Crippen LogP contribution in [0.4, 0.5) is 0 Å². The smallest absolute Gasteiger partial charge is 0.0594 e. The fourth-order valence-electron chi connectivity index (χ4n) is 2.30. The highest BCUT2D eigenvalue weighted by Crippen LogP contribution is 2.25. The highest BCUT2D eigenvalue weighted by Gasteiger charge is 2.32. The van der Waals surface area contributed by atoms with Crippen LogP contribution in [0.5, 0.6) is 0 Å². The van der Waals surface area contributed by atoms with Gasteiger partial charge in [0.2, 0.25) is 0 Å². The zero-order valence-corrected chi connectivity index (χ0v) is 9.76. The molecule has 0 unspecified atom stereocenters. The molecule has 3 nitrogen and oxygen atoms in total. The molecule has 2 fully saturated rings. The predicted octanol–water partition coefficient (Wildman–Crippen LogP) is 1.57. The zero-order chi connectivity index (χ0) is 10.6. The van der Waals surface area contributed by atoms with Crippen molar-refractivity contribution in [3.05, 3.63) is 0 Å². The average molecular weight is 213 g/mol. The van der Waals surface area contributed by atoms with Crippen molar-refractivity contribution >= 4 is 0 Å². The molecular formula is C12H23NO2. The van der Waals surface area contributed by atoms with Gasteiger partial charge in [-0.2, -0.15) is 0 Å². The third-order valence-electron chi connectivity index (χ3n) is 3.39. The van der Waals surface area contributed by atoms with E-state index in [2.05, 4.69) is 12.2 Å². The van der Waals surface area contributed by atoms with Crippen molar-refractivity contribution < 1.29 is 9.47 Å². The van der Waals surface area contributed by atoms with Gasteiger partial charge in [0.05, 0.1) is 25.9 Å². The Morgan fingerprint density at radius 1 is 1.33 bits per heavy atom. The van der Waals surface area contributed by atoms with Crippen LogP contribution in [0.3, 0.4) is 0 Å². The summed E-state index contributed by atoms with van der Waals surface area (Å²) in [6, 6.07) is 0. The molecule has 0 amide bonds. The van der Waals surface area contributed by atoms with Gasteiger partial charge in [-0.25, -0.2) is 0 Å². The lowest BCUT2D eigenvalue weighted by atomic mass is 9.89. The van der Waals surface area contributed by atoms with E-state index in [9.17, 15) is 0 Å². The Balaban J connectivity index is 1.44. The Morgan fingerprint density at radius 2 is 2.07 bits per heavy atom. The van der Waals surface area contributed by atoms with Gasteiger partial charge in [-0.3, -0.25) is 0 Å². The molecule has 0 bridgehead atoms. The van der Waals surface area contributed by atoms with E-state index < -0.39 is 0 Å². The van der Waals surface area contributed by atoms with Crippen LogP contribution >= 0.6 is 0 Å². The van der Waals surface area contributed by atoms with Gasteiger partial charge in [0.15, 0.2) is 0 Å². The van der Waals surface area contributed by atoms with Gasteiger partial charge in [0.1, 0.15) is 0 Å². The summed E-state index contributed by atoms with van der Waals surface area (Å²) in [5.74, 6) is 0. The zero-order valence-electron chi connectivity index (χ0n) is 9.76. The molecule has 88 valence electrons. The first-order chi connectivity index (χ1) is 7.29. The second kappa shape index (κ2) is 5.28. The molecule has 0 aromatic heterocycles. The van der Waals surface area contributed by atoms with E-state index in [-0.39, 0.29) is 0 Å². The number of hydrogen-bond acceptors (Lipinski definition) is 3. The van der Waals surface area contributed by atoms with Gasteiger partial charge in [-0.15, -0.1) is 0 Å². The third kappa shape index (κ3) is 3.44. The molecule has 1 aliphatic carbocycles. The molecular weight excluding hydrogens is 190 g/mol. The van der Waals surface area contributed by atoms with Crippen LogP contribution in [0.25, 0.3) is 0 Å². The van der Waals surface area contributed by atoms with Crippen molar-refractivity contribution in [3.63, 3.8) is 0 Å². The van der Waals surface area contributed by atoms with E-state index in [0.29, 0.717) is 11.5 Å². The Bertz CT molecular complexity index is 186. The summed E-state index contributed by atoms with van der Waals surface area (Å²) in [5.41, 5.74) is 0.382. The highest BCUT2D eigenvalue weighted by molar-refractivity contribution is 4.82. The van der Waals surface area contributed by atoms with E-state index in [0.717, 1.165) is 32.9 Å². The molecule has 1 saturated heterocycles. The summed E-state index contributed by atoms with van der Waals surface area (Å²) >= 11 is 0. The van der Waals surface area contributed by atoms with Crippen LogP contribution in [-0.2, 0) is 9.47 Å². The summed E-state index contributed by atoms with van der Waals surface area (Å²) in [7, 11) is 0. The molecule has 1 saturated carbocycles. The maximum absolute atomic E-state index is 5.78. The van der Waals surface area contributed by atoms with Crippen LogP contribution in [0.15, 0.2) is 0 Å². The summed E-state index contributed by atoms with van der Waals surface area (Å²) in [6.07, 6.45) is 5.80. The van der Waals surface area contributed by atoms with Gasteiger partial charge in [-0.1, -0.05) is 19.8 Å². The second-order valence-corrected chi connectivity index (χ2v) is 5.26. The number of hydrogen-bond donors (Lipinski definition) is 1. The summed E-state index contributed by atoms with van der Waals surface area (Å²) in [6.45, 7) is 6.98. The fourth-order valence-corrected chi connectivity index (χ4v) is 2.30. The Kier molecular flexibility index (Phi) is 4.00. The summed E-state index contributed by atoms with van der Waals surface area (Å²) in [5, 5.41) is 3.45. The van der Waals surface area contributed by atoms with Crippen molar-refractivity contribution in [1.82, 2.24) is 5.32 Å². The molecule has 0 radical (unpaired) electrons. The largest absolute Gasteiger partial charge is 0.380 e. The molecule has 1 aliphatic heterocycles. The first-order valence-electron chi connectivity index (χ1n) is 6.19. The first kappa shape index (κ1) is 11.4. The van der Waals surface area contributed by atoms with Crippen LogP contribution in [0.1, 0.15) is 32.6 Å². The SMILES string of the molecule is CC1(CNCCOC2CCCC2)COC1. The fraction of sp³-hybridized carbons (Fsp3) is 1.00. The Morgan fingerprint density at radius 3 is 2.67 bits per heavy atom. The van der Waals surface area contributed by atoms with Gasteiger partial charge in [0.25, 0.3) is 0 Å².